The number of nitrogens with one attached hydrogen (secondary N) is 4. The normalized spacial score (nSPS) is 21.6. The number of imide groups is 1. The van der Waals surface area contributed by atoms with Crippen molar-refractivity contribution in [1.82, 2.24) is 35.7 Å². The molecule has 0 saturated carbocycles. The fourth-order valence-electron chi connectivity index (χ4n) is 8.64. The van der Waals surface area contributed by atoms with Crippen molar-refractivity contribution in [3.05, 3.63) is 65.0 Å². The SMILES string of the molecule is CC1(C)CCc2c(-c3cc4ccc(C(=O)N5CCC(CNCC6CCN(c7ccc(C8CCC(=O)NC8=O)cn7)CC6)CC5)cc4[nH]3)n[nH]c2C1. The molecule has 4 N–H and O–H groups in total. The third-order valence-electron chi connectivity index (χ3n) is 11.9. The molecule has 4 aliphatic rings. The van der Waals surface area contributed by atoms with E-state index in [0.29, 0.717) is 30.1 Å². The number of rotatable bonds is 8. The number of H-pyrrole nitrogens is 2. The standard InChI is InChI=1S/C40H50N8O3/c1-40(2)14-9-31-34(21-40)45-46-37(31)33-19-27-3-4-28(20-32(27)43-33)39(51)48-17-12-26(13-18-48)23-41-22-25-10-15-47(16-11-25)35-7-5-29(24-42-35)30-6-8-36(49)44-38(30)50/h3-5,7,19-20,24-26,30,41,43H,6,8-18,21-23H2,1-2H3,(H,45,46)(H,44,49,50). The van der Waals surface area contributed by atoms with Crippen LogP contribution in [0.25, 0.3) is 22.3 Å². The summed E-state index contributed by atoms with van der Waals surface area (Å²) < 4.78 is 0. The Morgan fingerprint density at radius 2 is 1.71 bits per heavy atom. The molecule has 1 unspecified atom stereocenters. The molecule has 3 fully saturated rings. The lowest BCUT2D eigenvalue weighted by Gasteiger charge is -2.34. The van der Waals surface area contributed by atoms with Crippen molar-refractivity contribution >= 4 is 34.4 Å². The van der Waals surface area contributed by atoms with E-state index in [0.717, 1.165) is 123 Å². The zero-order valence-electron chi connectivity index (χ0n) is 29.9. The van der Waals surface area contributed by atoms with E-state index < -0.39 is 0 Å². The summed E-state index contributed by atoms with van der Waals surface area (Å²) in [6, 6.07) is 12.2. The van der Waals surface area contributed by atoms with Crippen molar-refractivity contribution in [2.24, 2.45) is 17.3 Å². The van der Waals surface area contributed by atoms with E-state index in [-0.39, 0.29) is 23.6 Å². The minimum atomic E-state index is -0.297. The first-order valence-electron chi connectivity index (χ1n) is 18.9. The molecule has 4 aromatic rings. The largest absolute Gasteiger partial charge is 0.357 e. The van der Waals surface area contributed by atoms with E-state index in [9.17, 15) is 14.4 Å². The zero-order chi connectivity index (χ0) is 35.1. The van der Waals surface area contributed by atoms with Crippen LogP contribution in [-0.4, -0.2) is 82.1 Å². The highest BCUT2D eigenvalue weighted by atomic mass is 16.2. The summed E-state index contributed by atoms with van der Waals surface area (Å²) in [6.45, 7) is 10.2. The van der Waals surface area contributed by atoms with E-state index in [1.54, 1.807) is 6.20 Å². The van der Waals surface area contributed by atoms with Crippen LogP contribution >= 0.6 is 0 Å². The molecule has 3 aromatic heterocycles. The van der Waals surface area contributed by atoms with Crippen LogP contribution in [-0.2, 0) is 22.4 Å². The van der Waals surface area contributed by atoms with Crippen LogP contribution in [0.1, 0.15) is 91.9 Å². The molecule has 1 aliphatic carbocycles. The highest BCUT2D eigenvalue weighted by molar-refractivity contribution is 6.01. The third kappa shape index (κ3) is 7.18. The summed E-state index contributed by atoms with van der Waals surface area (Å²) >= 11 is 0. The van der Waals surface area contributed by atoms with Gasteiger partial charge in [0.25, 0.3) is 5.91 Å². The van der Waals surface area contributed by atoms with E-state index >= 15 is 0 Å². The Balaban J connectivity index is 0.772. The van der Waals surface area contributed by atoms with Crippen LogP contribution < -0.4 is 15.5 Å². The van der Waals surface area contributed by atoms with Gasteiger partial charge in [-0.3, -0.25) is 24.8 Å². The minimum Gasteiger partial charge on any atom is -0.357 e. The molecule has 11 heteroatoms. The predicted molar refractivity (Wildman–Crippen MR) is 197 cm³/mol. The maximum absolute atomic E-state index is 13.5. The summed E-state index contributed by atoms with van der Waals surface area (Å²) in [5.41, 5.74) is 7.50. The first-order chi connectivity index (χ1) is 24.7. The van der Waals surface area contributed by atoms with Crippen LogP contribution in [0.2, 0.25) is 0 Å². The van der Waals surface area contributed by atoms with E-state index in [2.05, 4.69) is 56.6 Å². The summed E-state index contributed by atoms with van der Waals surface area (Å²) in [4.78, 5) is 49.8. The van der Waals surface area contributed by atoms with Gasteiger partial charge in [0.1, 0.15) is 11.5 Å². The van der Waals surface area contributed by atoms with Gasteiger partial charge in [-0.2, -0.15) is 5.10 Å². The second-order valence-electron chi connectivity index (χ2n) is 16.1. The Morgan fingerprint density at radius 3 is 2.43 bits per heavy atom. The molecule has 11 nitrogen and oxygen atoms in total. The van der Waals surface area contributed by atoms with Crippen molar-refractivity contribution in [3.63, 3.8) is 0 Å². The molecule has 0 radical (unpaired) electrons. The van der Waals surface area contributed by atoms with Crippen LogP contribution in [0.3, 0.4) is 0 Å². The second-order valence-corrected chi connectivity index (χ2v) is 16.1. The number of aromatic nitrogens is 4. The van der Waals surface area contributed by atoms with Crippen LogP contribution in [0.15, 0.2) is 42.6 Å². The topological polar surface area (TPSA) is 139 Å². The number of nitrogens with zero attached hydrogens (tertiary/aromatic N) is 4. The molecule has 51 heavy (non-hydrogen) atoms. The quantitative estimate of drug-likeness (QED) is 0.183. The molecule has 3 amide bonds. The average molecular weight is 691 g/mol. The second kappa shape index (κ2) is 13.9. The minimum absolute atomic E-state index is 0.116. The van der Waals surface area contributed by atoms with Gasteiger partial charge in [0, 0.05) is 66.5 Å². The lowest BCUT2D eigenvalue weighted by atomic mass is 9.76. The Hall–Kier alpha value is -4.51. The number of likely N-dealkylation sites (tertiary alicyclic amines) is 1. The number of aromatic amines is 2. The number of carbonyl (C=O) groups is 3. The molecule has 268 valence electrons. The lowest BCUT2D eigenvalue weighted by Crippen LogP contribution is -2.42. The first-order valence-corrected chi connectivity index (χ1v) is 18.9. The van der Waals surface area contributed by atoms with Gasteiger partial charge in [0.2, 0.25) is 11.8 Å². The Kier molecular flexibility index (Phi) is 9.16. The number of piperidine rings is 3. The highest BCUT2D eigenvalue weighted by Gasteiger charge is 2.31. The molecule has 1 atom stereocenters. The Labute approximate surface area is 299 Å². The third-order valence-corrected chi connectivity index (χ3v) is 11.9. The van der Waals surface area contributed by atoms with Crippen molar-refractivity contribution in [1.29, 1.82) is 0 Å². The maximum atomic E-state index is 13.5. The number of hydrogen-bond acceptors (Lipinski definition) is 7. The number of amides is 3. The molecule has 0 bridgehead atoms. The summed E-state index contributed by atoms with van der Waals surface area (Å²) in [6.07, 6.45) is 10.2. The molecular weight excluding hydrogens is 640 g/mol. The Bertz CT molecular complexity index is 1910. The van der Waals surface area contributed by atoms with Gasteiger partial charge in [-0.15, -0.1) is 0 Å². The number of hydrogen-bond donors (Lipinski definition) is 4. The number of benzene rings is 1. The van der Waals surface area contributed by atoms with E-state index in [1.165, 1.54) is 11.3 Å². The molecule has 8 rings (SSSR count). The van der Waals surface area contributed by atoms with Gasteiger partial charge >= 0.3 is 0 Å². The van der Waals surface area contributed by atoms with Crippen molar-refractivity contribution < 1.29 is 14.4 Å². The van der Waals surface area contributed by atoms with Gasteiger partial charge in [-0.1, -0.05) is 26.0 Å². The molecule has 1 aromatic carbocycles. The van der Waals surface area contributed by atoms with Crippen molar-refractivity contribution in [2.45, 2.75) is 77.6 Å². The molecule has 6 heterocycles. The number of fused-ring (bicyclic) bond motifs is 2. The summed E-state index contributed by atoms with van der Waals surface area (Å²) in [5.74, 6) is 1.58. The number of carbonyl (C=O) groups excluding carboxylic acids is 3. The molecule has 0 spiro atoms. The molecule has 3 saturated heterocycles. The predicted octanol–water partition coefficient (Wildman–Crippen LogP) is 5.35. The number of anilines is 1. The van der Waals surface area contributed by atoms with Gasteiger partial charge in [-0.25, -0.2) is 4.98 Å². The van der Waals surface area contributed by atoms with E-state index in [4.69, 9.17) is 5.10 Å². The van der Waals surface area contributed by atoms with Gasteiger partial charge < -0.3 is 20.1 Å². The van der Waals surface area contributed by atoms with Gasteiger partial charge in [-0.05, 0) is 112 Å². The average Bonchev–Trinajstić information content (AvgIpc) is 3.75. The smallest absolute Gasteiger partial charge is 0.253 e. The van der Waals surface area contributed by atoms with Crippen molar-refractivity contribution in [3.8, 4) is 11.4 Å². The van der Waals surface area contributed by atoms with Crippen molar-refractivity contribution in [2.75, 3.05) is 44.2 Å². The zero-order valence-corrected chi connectivity index (χ0v) is 29.9. The monoisotopic (exact) mass is 690 g/mol. The highest BCUT2D eigenvalue weighted by Crippen LogP contribution is 2.38. The first kappa shape index (κ1) is 33.6. The fraction of sp³-hybridized carbons (Fsp3) is 0.525. The van der Waals surface area contributed by atoms with Gasteiger partial charge in [0.05, 0.1) is 11.6 Å². The van der Waals surface area contributed by atoms with E-state index in [1.807, 2.05) is 29.2 Å². The lowest BCUT2D eigenvalue weighted by molar-refractivity contribution is -0.134. The fourth-order valence-corrected chi connectivity index (χ4v) is 8.64. The molecule has 3 aliphatic heterocycles. The number of pyridine rings is 1. The van der Waals surface area contributed by atoms with Gasteiger partial charge in [0.15, 0.2) is 0 Å². The Morgan fingerprint density at radius 1 is 0.941 bits per heavy atom. The summed E-state index contributed by atoms with van der Waals surface area (Å²) in [5, 5.41) is 15.3. The van der Waals surface area contributed by atoms with Crippen LogP contribution in [0.5, 0.6) is 0 Å². The summed E-state index contributed by atoms with van der Waals surface area (Å²) in [7, 11) is 0. The van der Waals surface area contributed by atoms with Crippen LogP contribution in [0.4, 0.5) is 5.82 Å². The molecular formula is C40H50N8O3. The van der Waals surface area contributed by atoms with Crippen LogP contribution in [0, 0.1) is 17.3 Å². The maximum Gasteiger partial charge on any atom is 0.253 e.